The zero-order chi connectivity index (χ0) is 10.8. The zero-order valence-corrected chi connectivity index (χ0v) is 7.77. The van der Waals surface area contributed by atoms with Gasteiger partial charge in [0.15, 0.2) is 0 Å². The first kappa shape index (κ1) is 14.5. The Labute approximate surface area is 108 Å². The minimum absolute atomic E-state index is 0. The molecule has 0 amide bonds. The van der Waals surface area contributed by atoms with Crippen molar-refractivity contribution in [3.63, 3.8) is 0 Å². The van der Waals surface area contributed by atoms with E-state index in [0.717, 1.165) is 0 Å². The SMILES string of the molecule is O=[N+]([O-])c1ccc(CS(=O)(=O)O)cc1.[NaH]. The van der Waals surface area contributed by atoms with Gasteiger partial charge in [-0.2, -0.15) is 8.42 Å². The molecule has 0 bridgehead atoms. The molecule has 78 valence electrons. The Bertz CT molecular complexity index is 441. The van der Waals surface area contributed by atoms with Gasteiger partial charge in [0.2, 0.25) is 0 Å². The third kappa shape index (κ3) is 5.24. The molecule has 0 aliphatic carbocycles. The van der Waals surface area contributed by atoms with Crippen molar-refractivity contribution in [3.8, 4) is 0 Å². The summed E-state index contributed by atoms with van der Waals surface area (Å²) in [5.74, 6) is -0.537. The molecule has 0 saturated heterocycles. The second-order valence-electron chi connectivity index (χ2n) is 2.65. The van der Waals surface area contributed by atoms with E-state index in [0.29, 0.717) is 5.56 Å². The van der Waals surface area contributed by atoms with Crippen molar-refractivity contribution in [2.24, 2.45) is 0 Å². The van der Waals surface area contributed by atoms with Gasteiger partial charge in [-0.3, -0.25) is 14.7 Å². The molecule has 0 saturated carbocycles. The van der Waals surface area contributed by atoms with Crippen LogP contribution in [0.25, 0.3) is 0 Å². The van der Waals surface area contributed by atoms with Gasteiger partial charge >= 0.3 is 29.6 Å². The van der Waals surface area contributed by atoms with E-state index in [-0.39, 0.29) is 35.2 Å². The molecule has 0 unspecified atom stereocenters. The maximum atomic E-state index is 10.4. The Morgan fingerprint density at radius 2 is 1.73 bits per heavy atom. The van der Waals surface area contributed by atoms with Crippen molar-refractivity contribution in [3.05, 3.63) is 39.9 Å². The Balaban J connectivity index is 0.00000196. The van der Waals surface area contributed by atoms with Gasteiger partial charge in [0.05, 0.1) is 4.92 Å². The average molecular weight is 241 g/mol. The van der Waals surface area contributed by atoms with Crippen molar-refractivity contribution in [2.75, 3.05) is 0 Å². The van der Waals surface area contributed by atoms with Crippen LogP contribution in [-0.4, -0.2) is 47.5 Å². The molecule has 1 aromatic rings. The predicted molar refractivity (Wildman–Crippen MR) is 55.5 cm³/mol. The van der Waals surface area contributed by atoms with Gasteiger partial charge in [-0.1, -0.05) is 12.1 Å². The molecule has 0 spiro atoms. The number of nitro benzene ring substituents is 1. The molecule has 15 heavy (non-hydrogen) atoms. The van der Waals surface area contributed by atoms with E-state index in [1.807, 2.05) is 0 Å². The number of hydrogen-bond donors (Lipinski definition) is 1. The normalized spacial score (nSPS) is 10.5. The molecular formula is C7H8NNaO5S. The van der Waals surface area contributed by atoms with E-state index >= 15 is 0 Å². The van der Waals surface area contributed by atoms with E-state index in [1.165, 1.54) is 24.3 Å². The van der Waals surface area contributed by atoms with Crippen LogP contribution in [-0.2, 0) is 15.9 Å². The molecule has 1 aromatic carbocycles. The summed E-state index contributed by atoms with van der Waals surface area (Å²) in [5.41, 5.74) is 0.183. The van der Waals surface area contributed by atoms with Crippen LogP contribution in [0.5, 0.6) is 0 Å². The molecule has 0 aliphatic rings. The van der Waals surface area contributed by atoms with Gasteiger partial charge in [-0.05, 0) is 5.56 Å². The monoisotopic (exact) mass is 241 g/mol. The summed E-state index contributed by atoms with van der Waals surface area (Å²) >= 11 is 0. The fourth-order valence-corrected chi connectivity index (χ4v) is 1.54. The van der Waals surface area contributed by atoms with Crippen LogP contribution in [0.4, 0.5) is 5.69 Å². The third-order valence-corrected chi connectivity index (χ3v) is 2.19. The first-order chi connectivity index (χ1) is 6.38. The molecular weight excluding hydrogens is 233 g/mol. The summed E-state index contributed by atoms with van der Waals surface area (Å²) < 4.78 is 29.4. The van der Waals surface area contributed by atoms with Crippen LogP contribution in [0.15, 0.2) is 24.3 Å². The number of nitro groups is 1. The molecule has 0 aromatic heterocycles. The summed E-state index contributed by atoms with van der Waals surface area (Å²) in [6, 6.07) is 4.93. The molecule has 8 heteroatoms. The fraction of sp³-hybridized carbons (Fsp3) is 0.143. The van der Waals surface area contributed by atoms with Gasteiger partial charge < -0.3 is 0 Å². The number of nitrogens with zero attached hydrogens (tertiary/aromatic N) is 1. The topological polar surface area (TPSA) is 97.5 Å². The number of rotatable bonds is 3. The molecule has 0 atom stereocenters. The van der Waals surface area contributed by atoms with E-state index in [4.69, 9.17) is 4.55 Å². The molecule has 1 rings (SSSR count). The van der Waals surface area contributed by atoms with Crippen LogP contribution >= 0.6 is 0 Å². The Kier molecular flexibility index (Phi) is 5.39. The summed E-state index contributed by atoms with van der Waals surface area (Å²) in [6.07, 6.45) is 0. The van der Waals surface area contributed by atoms with Gasteiger partial charge in [0.25, 0.3) is 15.8 Å². The van der Waals surface area contributed by atoms with Crippen LogP contribution in [0.2, 0.25) is 0 Å². The van der Waals surface area contributed by atoms with Crippen LogP contribution < -0.4 is 0 Å². The molecule has 1 N–H and O–H groups in total. The summed E-state index contributed by atoms with van der Waals surface area (Å²) in [4.78, 5) is 9.65. The number of non-ortho nitro benzene ring substituents is 1. The Morgan fingerprint density at radius 3 is 2.07 bits per heavy atom. The van der Waals surface area contributed by atoms with Crippen molar-refractivity contribution < 1.29 is 17.9 Å². The van der Waals surface area contributed by atoms with Crippen LogP contribution in [0, 0.1) is 10.1 Å². The molecule has 0 aliphatic heterocycles. The van der Waals surface area contributed by atoms with E-state index < -0.39 is 20.8 Å². The first-order valence-electron chi connectivity index (χ1n) is 3.57. The Hall–Kier alpha value is -0.470. The number of benzene rings is 1. The van der Waals surface area contributed by atoms with Crippen LogP contribution in [0.1, 0.15) is 5.56 Å². The maximum absolute atomic E-state index is 10.4. The summed E-state index contributed by atoms with van der Waals surface area (Å²) in [5, 5.41) is 10.2. The fourth-order valence-electron chi connectivity index (χ4n) is 0.925. The zero-order valence-electron chi connectivity index (χ0n) is 6.95. The van der Waals surface area contributed by atoms with E-state index in [9.17, 15) is 18.5 Å². The van der Waals surface area contributed by atoms with Gasteiger partial charge in [0.1, 0.15) is 5.75 Å². The van der Waals surface area contributed by atoms with Crippen molar-refractivity contribution in [1.29, 1.82) is 0 Å². The Morgan fingerprint density at radius 1 is 1.27 bits per heavy atom. The minimum atomic E-state index is -4.08. The van der Waals surface area contributed by atoms with E-state index in [2.05, 4.69) is 0 Å². The summed E-state index contributed by atoms with van der Waals surface area (Å²) in [6.45, 7) is 0. The molecule has 6 nitrogen and oxygen atoms in total. The van der Waals surface area contributed by atoms with Crippen molar-refractivity contribution >= 4 is 45.4 Å². The molecule has 0 heterocycles. The van der Waals surface area contributed by atoms with Gasteiger partial charge in [0, 0.05) is 12.1 Å². The average Bonchev–Trinajstić information content (AvgIpc) is 2.02. The molecule has 0 radical (unpaired) electrons. The van der Waals surface area contributed by atoms with Crippen molar-refractivity contribution in [2.45, 2.75) is 5.75 Å². The van der Waals surface area contributed by atoms with Gasteiger partial charge in [-0.25, -0.2) is 0 Å². The third-order valence-electron chi connectivity index (χ3n) is 1.50. The standard InChI is InChI=1S/C7H7NO5S.Na.H/c9-8(10)7-3-1-6(2-4-7)5-14(11,12)13;;/h1-4H,5H2,(H,11,12,13);;. The van der Waals surface area contributed by atoms with Crippen molar-refractivity contribution in [1.82, 2.24) is 0 Å². The quantitative estimate of drug-likeness (QED) is 0.356. The second kappa shape index (κ2) is 5.57. The molecule has 0 fully saturated rings. The predicted octanol–water partition coefficient (Wildman–Crippen LogP) is 0.334. The van der Waals surface area contributed by atoms with Gasteiger partial charge in [-0.15, -0.1) is 0 Å². The summed E-state index contributed by atoms with van der Waals surface area (Å²) in [7, 11) is -4.08. The van der Waals surface area contributed by atoms with Crippen LogP contribution in [0.3, 0.4) is 0 Å². The van der Waals surface area contributed by atoms with E-state index in [1.54, 1.807) is 0 Å². The number of hydrogen-bond acceptors (Lipinski definition) is 4. The second-order valence-corrected chi connectivity index (χ2v) is 4.10. The first-order valence-corrected chi connectivity index (χ1v) is 5.18.